The molecule has 2 aromatic rings. The summed E-state index contributed by atoms with van der Waals surface area (Å²) in [7, 11) is 1.96. The second kappa shape index (κ2) is 5.46. The lowest BCUT2D eigenvalue weighted by Crippen LogP contribution is -2.20. The normalized spacial score (nSPS) is 12.4. The third kappa shape index (κ3) is 2.86. The minimum Gasteiger partial charge on any atom is -0.368 e. The number of nitrogens with two attached hydrogens (primary N) is 1. The highest BCUT2D eigenvalue weighted by Gasteiger charge is 2.12. The number of thiazole rings is 1. The molecule has 1 atom stereocenters. The molecule has 18 heavy (non-hydrogen) atoms. The molecule has 0 bridgehead atoms. The van der Waals surface area contributed by atoms with Crippen LogP contribution in [0.15, 0.2) is 29.1 Å². The van der Waals surface area contributed by atoms with Gasteiger partial charge in [-0.25, -0.2) is 9.37 Å². The molecule has 1 aromatic carbocycles. The summed E-state index contributed by atoms with van der Waals surface area (Å²) in [5.74, 6) is -0.256. The molecular weight excluding hydrogens is 249 g/mol. The number of nitrogens with zero attached hydrogens (tertiary/aromatic N) is 2. The van der Waals surface area contributed by atoms with Crippen LogP contribution in [0.2, 0.25) is 0 Å². The van der Waals surface area contributed by atoms with E-state index < -0.39 is 0 Å². The maximum Gasteiger partial charge on any atom is 0.123 e. The Kier molecular flexibility index (Phi) is 3.93. The fraction of sp³-hybridized carbons (Fsp3) is 0.308. The topological polar surface area (TPSA) is 42.1 Å². The Bertz CT molecular complexity index is 511. The highest BCUT2D eigenvalue weighted by atomic mass is 32.1. The Morgan fingerprint density at radius 1 is 1.50 bits per heavy atom. The van der Waals surface area contributed by atoms with Gasteiger partial charge in [0.25, 0.3) is 0 Å². The van der Waals surface area contributed by atoms with Gasteiger partial charge in [0.15, 0.2) is 0 Å². The third-order valence-corrected chi connectivity index (χ3v) is 3.41. The number of benzene rings is 1. The maximum absolute atomic E-state index is 13.3. The Balaban J connectivity index is 2.26. The standard InChI is InChI=1S/C13H16FN3S/c1-9(15)12-5-10(14)3-4-13(12)17(2)6-11-7-18-8-16-11/h3-5,7-9H,6,15H2,1-2H3. The third-order valence-electron chi connectivity index (χ3n) is 2.77. The molecule has 0 aliphatic carbocycles. The molecule has 2 N–H and O–H groups in total. The highest BCUT2D eigenvalue weighted by Crippen LogP contribution is 2.26. The van der Waals surface area contributed by atoms with Crippen molar-refractivity contribution in [1.29, 1.82) is 0 Å². The van der Waals surface area contributed by atoms with Gasteiger partial charge in [-0.2, -0.15) is 0 Å². The quantitative estimate of drug-likeness (QED) is 0.924. The summed E-state index contributed by atoms with van der Waals surface area (Å²) < 4.78 is 13.3. The van der Waals surface area contributed by atoms with E-state index in [1.807, 2.05) is 24.3 Å². The van der Waals surface area contributed by atoms with Gasteiger partial charge in [0.1, 0.15) is 5.82 Å². The molecule has 0 aliphatic rings. The summed E-state index contributed by atoms with van der Waals surface area (Å²) in [6, 6.07) is 4.52. The first-order valence-corrected chi connectivity index (χ1v) is 6.65. The molecular formula is C13H16FN3S. The monoisotopic (exact) mass is 265 g/mol. The Labute approximate surface area is 110 Å². The van der Waals surface area contributed by atoms with Gasteiger partial charge >= 0.3 is 0 Å². The summed E-state index contributed by atoms with van der Waals surface area (Å²) in [6.07, 6.45) is 0. The summed E-state index contributed by atoms with van der Waals surface area (Å²) in [5.41, 5.74) is 10.5. The molecule has 1 aromatic heterocycles. The number of hydrogen-bond acceptors (Lipinski definition) is 4. The molecule has 1 unspecified atom stereocenters. The smallest absolute Gasteiger partial charge is 0.123 e. The molecule has 96 valence electrons. The molecule has 0 saturated carbocycles. The predicted molar refractivity (Wildman–Crippen MR) is 73.2 cm³/mol. The van der Waals surface area contributed by atoms with Gasteiger partial charge in [0.2, 0.25) is 0 Å². The molecule has 0 amide bonds. The van der Waals surface area contributed by atoms with E-state index in [1.54, 1.807) is 22.9 Å². The molecule has 0 fully saturated rings. The van der Waals surface area contributed by atoms with Crippen molar-refractivity contribution < 1.29 is 4.39 Å². The first kappa shape index (κ1) is 13.0. The second-order valence-electron chi connectivity index (χ2n) is 4.33. The molecule has 0 spiro atoms. The molecule has 3 nitrogen and oxygen atoms in total. The van der Waals surface area contributed by atoms with Crippen molar-refractivity contribution in [2.24, 2.45) is 5.73 Å². The zero-order valence-electron chi connectivity index (χ0n) is 10.4. The largest absolute Gasteiger partial charge is 0.368 e. The van der Waals surface area contributed by atoms with Crippen LogP contribution in [0, 0.1) is 5.82 Å². The Morgan fingerprint density at radius 2 is 2.28 bits per heavy atom. The van der Waals surface area contributed by atoms with Crippen molar-refractivity contribution in [1.82, 2.24) is 4.98 Å². The van der Waals surface area contributed by atoms with Crippen molar-refractivity contribution in [3.8, 4) is 0 Å². The summed E-state index contributed by atoms with van der Waals surface area (Å²) in [5, 5.41) is 2.01. The summed E-state index contributed by atoms with van der Waals surface area (Å²) in [4.78, 5) is 6.28. The lowest BCUT2D eigenvalue weighted by Gasteiger charge is -2.23. The zero-order chi connectivity index (χ0) is 13.1. The van der Waals surface area contributed by atoms with Crippen LogP contribution in [0.25, 0.3) is 0 Å². The van der Waals surface area contributed by atoms with Crippen molar-refractivity contribution in [2.75, 3.05) is 11.9 Å². The van der Waals surface area contributed by atoms with E-state index in [1.165, 1.54) is 12.1 Å². The number of rotatable bonds is 4. The minimum atomic E-state index is -0.256. The van der Waals surface area contributed by atoms with E-state index >= 15 is 0 Å². The van der Waals surface area contributed by atoms with E-state index in [2.05, 4.69) is 4.98 Å². The lowest BCUT2D eigenvalue weighted by molar-refractivity contribution is 0.621. The average Bonchev–Trinajstić information content (AvgIpc) is 2.81. The molecule has 0 radical (unpaired) electrons. The SMILES string of the molecule is CC(N)c1cc(F)ccc1N(C)Cc1cscn1. The fourth-order valence-corrected chi connectivity index (χ4v) is 2.43. The van der Waals surface area contributed by atoms with Crippen LogP contribution in [0.5, 0.6) is 0 Å². The summed E-state index contributed by atoms with van der Waals surface area (Å²) in [6.45, 7) is 2.55. The van der Waals surface area contributed by atoms with E-state index in [9.17, 15) is 4.39 Å². The van der Waals surface area contributed by atoms with Crippen LogP contribution in [0.3, 0.4) is 0 Å². The fourth-order valence-electron chi connectivity index (χ4n) is 1.88. The highest BCUT2D eigenvalue weighted by molar-refractivity contribution is 7.07. The van der Waals surface area contributed by atoms with Crippen LogP contribution in [-0.2, 0) is 6.54 Å². The maximum atomic E-state index is 13.3. The Hall–Kier alpha value is -1.46. The van der Waals surface area contributed by atoms with Crippen LogP contribution >= 0.6 is 11.3 Å². The Morgan fingerprint density at radius 3 is 2.89 bits per heavy atom. The average molecular weight is 265 g/mol. The van der Waals surface area contributed by atoms with Gasteiger partial charge < -0.3 is 10.6 Å². The number of halogens is 1. The van der Waals surface area contributed by atoms with Gasteiger partial charge in [-0.05, 0) is 30.7 Å². The van der Waals surface area contributed by atoms with E-state index in [0.29, 0.717) is 6.54 Å². The number of anilines is 1. The molecule has 2 rings (SSSR count). The van der Waals surface area contributed by atoms with Crippen molar-refractivity contribution >= 4 is 17.0 Å². The first-order valence-electron chi connectivity index (χ1n) is 5.71. The molecule has 0 saturated heterocycles. The van der Waals surface area contributed by atoms with E-state index in [4.69, 9.17) is 5.73 Å². The van der Waals surface area contributed by atoms with Gasteiger partial charge in [0.05, 0.1) is 17.7 Å². The van der Waals surface area contributed by atoms with Gasteiger partial charge in [-0.3, -0.25) is 0 Å². The van der Waals surface area contributed by atoms with Crippen LogP contribution < -0.4 is 10.6 Å². The number of aromatic nitrogens is 1. The minimum absolute atomic E-state index is 0.200. The van der Waals surface area contributed by atoms with Crippen LogP contribution in [0.1, 0.15) is 24.2 Å². The second-order valence-corrected chi connectivity index (χ2v) is 5.05. The summed E-state index contributed by atoms with van der Waals surface area (Å²) >= 11 is 1.57. The van der Waals surface area contributed by atoms with E-state index in [-0.39, 0.29) is 11.9 Å². The number of hydrogen-bond donors (Lipinski definition) is 1. The predicted octanol–water partition coefficient (Wildman–Crippen LogP) is 2.94. The van der Waals surface area contributed by atoms with Crippen LogP contribution in [-0.4, -0.2) is 12.0 Å². The molecule has 0 aliphatic heterocycles. The lowest BCUT2D eigenvalue weighted by atomic mass is 10.1. The van der Waals surface area contributed by atoms with Gasteiger partial charge in [-0.15, -0.1) is 11.3 Å². The molecule has 1 heterocycles. The van der Waals surface area contributed by atoms with Crippen LogP contribution in [0.4, 0.5) is 10.1 Å². The van der Waals surface area contributed by atoms with Crippen molar-refractivity contribution in [3.63, 3.8) is 0 Å². The van der Waals surface area contributed by atoms with Crippen molar-refractivity contribution in [3.05, 3.63) is 46.2 Å². The molecule has 5 heteroatoms. The van der Waals surface area contributed by atoms with E-state index in [0.717, 1.165) is 16.9 Å². The van der Waals surface area contributed by atoms with Gasteiger partial charge in [-0.1, -0.05) is 0 Å². The first-order chi connectivity index (χ1) is 8.58. The van der Waals surface area contributed by atoms with Crippen molar-refractivity contribution in [2.45, 2.75) is 19.5 Å². The van der Waals surface area contributed by atoms with Gasteiger partial charge in [0, 0.05) is 24.2 Å². The zero-order valence-corrected chi connectivity index (χ0v) is 11.2.